The lowest BCUT2D eigenvalue weighted by atomic mass is 9.75. The molecule has 1 saturated heterocycles. The minimum atomic E-state index is -1.11. The van der Waals surface area contributed by atoms with E-state index in [1.165, 1.54) is 0 Å². The number of aliphatic carboxylic acids is 1. The third-order valence-electron chi connectivity index (χ3n) is 4.87. The maximum Gasteiger partial charge on any atom is 0.329 e. The second-order valence-electron chi connectivity index (χ2n) is 6.63. The van der Waals surface area contributed by atoms with Gasteiger partial charge in [-0.3, -0.25) is 4.79 Å². The molecule has 0 spiro atoms. The number of hydrogen-bond acceptors (Lipinski definition) is 4. The van der Waals surface area contributed by atoms with E-state index < -0.39 is 11.5 Å². The summed E-state index contributed by atoms with van der Waals surface area (Å²) in [5.41, 5.74) is -1.40. The molecule has 0 bridgehead atoms. The molecular weight excluding hydrogens is 272 g/mol. The maximum atomic E-state index is 12.0. The number of carboxylic acids is 1. The van der Waals surface area contributed by atoms with Crippen LogP contribution in [0.2, 0.25) is 0 Å². The van der Waals surface area contributed by atoms with E-state index in [1.807, 2.05) is 6.92 Å². The Morgan fingerprint density at radius 2 is 1.95 bits per heavy atom. The van der Waals surface area contributed by atoms with Crippen molar-refractivity contribution in [3.63, 3.8) is 0 Å². The van der Waals surface area contributed by atoms with Gasteiger partial charge in [0.1, 0.15) is 12.1 Å². The number of amides is 1. The third-order valence-corrected chi connectivity index (χ3v) is 4.87. The molecule has 1 aliphatic carbocycles. The van der Waals surface area contributed by atoms with E-state index in [0.717, 1.165) is 32.4 Å². The Balaban J connectivity index is 1.87. The lowest BCUT2D eigenvalue weighted by Crippen LogP contribution is -2.61. The Hall–Kier alpha value is -1.14. The first-order chi connectivity index (χ1) is 9.89. The molecule has 1 amide bonds. The summed E-state index contributed by atoms with van der Waals surface area (Å²) >= 11 is 0. The van der Waals surface area contributed by atoms with Crippen molar-refractivity contribution in [2.45, 2.75) is 57.1 Å². The molecule has 0 aromatic carbocycles. The van der Waals surface area contributed by atoms with Crippen LogP contribution in [-0.2, 0) is 14.3 Å². The number of rotatable bonds is 6. The maximum absolute atomic E-state index is 12.0. The van der Waals surface area contributed by atoms with Gasteiger partial charge in [-0.05, 0) is 38.5 Å². The van der Waals surface area contributed by atoms with Crippen LogP contribution in [0.25, 0.3) is 0 Å². The number of ether oxygens (including phenoxy) is 1. The van der Waals surface area contributed by atoms with Gasteiger partial charge in [-0.15, -0.1) is 0 Å². The highest BCUT2D eigenvalue weighted by Gasteiger charge is 2.43. The first-order valence-electron chi connectivity index (χ1n) is 7.78. The Bertz CT molecular complexity index is 398. The highest BCUT2D eigenvalue weighted by atomic mass is 16.5. The van der Waals surface area contributed by atoms with Gasteiger partial charge in [-0.25, -0.2) is 4.79 Å². The molecule has 1 aliphatic heterocycles. The van der Waals surface area contributed by atoms with E-state index in [-0.39, 0.29) is 18.1 Å². The van der Waals surface area contributed by atoms with Gasteiger partial charge in [-0.2, -0.15) is 0 Å². The van der Waals surface area contributed by atoms with Gasteiger partial charge < -0.3 is 20.5 Å². The quantitative estimate of drug-likeness (QED) is 0.678. The van der Waals surface area contributed by atoms with Crippen molar-refractivity contribution in [3.05, 3.63) is 0 Å². The summed E-state index contributed by atoms with van der Waals surface area (Å²) in [5, 5.41) is 15.3. The Labute approximate surface area is 125 Å². The van der Waals surface area contributed by atoms with E-state index in [4.69, 9.17) is 4.74 Å². The minimum absolute atomic E-state index is 0.0790. The molecule has 1 saturated carbocycles. The normalized spacial score (nSPS) is 31.2. The number of nitrogens with one attached hydrogen (secondary N) is 2. The molecule has 120 valence electrons. The van der Waals surface area contributed by atoms with Crippen LogP contribution >= 0.6 is 0 Å². The van der Waals surface area contributed by atoms with Gasteiger partial charge >= 0.3 is 5.97 Å². The third kappa shape index (κ3) is 3.74. The predicted octanol–water partition coefficient (Wildman–Crippen LogP) is 0.905. The number of carbonyl (C=O) groups excluding carboxylic acids is 1. The molecule has 6 nitrogen and oxygen atoms in total. The average Bonchev–Trinajstić information content (AvgIpc) is 2.43. The fourth-order valence-electron chi connectivity index (χ4n) is 3.09. The van der Waals surface area contributed by atoms with Gasteiger partial charge in [0.2, 0.25) is 5.91 Å². The van der Waals surface area contributed by atoms with Crippen LogP contribution in [0, 0.1) is 5.92 Å². The molecule has 2 rings (SSSR count). The zero-order valence-corrected chi connectivity index (χ0v) is 12.9. The van der Waals surface area contributed by atoms with Crippen molar-refractivity contribution in [2.75, 3.05) is 19.7 Å². The van der Waals surface area contributed by atoms with E-state index in [1.54, 1.807) is 0 Å². The van der Waals surface area contributed by atoms with E-state index >= 15 is 0 Å². The fraction of sp³-hybridized carbons (Fsp3) is 0.867. The summed E-state index contributed by atoms with van der Waals surface area (Å²) in [6, 6.07) is 0. The Morgan fingerprint density at radius 3 is 2.38 bits per heavy atom. The molecule has 0 aromatic rings. The zero-order chi connectivity index (χ0) is 15.5. The van der Waals surface area contributed by atoms with Gasteiger partial charge in [-0.1, -0.05) is 13.3 Å². The highest BCUT2D eigenvalue weighted by Crippen LogP contribution is 2.34. The largest absolute Gasteiger partial charge is 0.480 e. The molecule has 6 heteroatoms. The summed E-state index contributed by atoms with van der Waals surface area (Å²) in [6.07, 6.45) is 3.78. The summed E-state index contributed by atoms with van der Waals surface area (Å²) in [5.74, 6) is -0.687. The van der Waals surface area contributed by atoms with Crippen molar-refractivity contribution in [2.24, 2.45) is 5.92 Å². The molecule has 0 radical (unpaired) electrons. The van der Waals surface area contributed by atoms with Crippen molar-refractivity contribution in [1.29, 1.82) is 0 Å². The van der Waals surface area contributed by atoms with Crippen molar-refractivity contribution >= 4 is 11.9 Å². The molecule has 2 aliphatic rings. The highest BCUT2D eigenvalue weighted by molar-refractivity contribution is 5.87. The van der Waals surface area contributed by atoms with Crippen LogP contribution in [0.3, 0.4) is 0 Å². The second kappa shape index (κ2) is 6.32. The Kier molecular flexibility index (Phi) is 4.88. The topological polar surface area (TPSA) is 87.7 Å². The fourth-order valence-corrected chi connectivity index (χ4v) is 3.09. The van der Waals surface area contributed by atoms with Crippen molar-refractivity contribution in [3.8, 4) is 0 Å². The SMILES string of the molecule is CCC1CCC(NC(=O)COC2(C)CNC2)(C(=O)O)CC1. The van der Waals surface area contributed by atoms with Crippen LogP contribution < -0.4 is 10.6 Å². The molecule has 0 unspecified atom stereocenters. The average molecular weight is 298 g/mol. The van der Waals surface area contributed by atoms with Crippen LogP contribution in [0.1, 0.15) is 46.0 Å². The smallest absolute Gasteiger partial charge is 0.329 e. The first-order valence-corrected chi connectivity index (χ1v) is 7.78. The summed E-state index contributed by atoms with van der Waals surface area (Å²) in [6.45, 7) is 5.43. The lowest BCUT2D eigenvalue weighted by molar-refractivity contribution is -0.152. The van der Waals surface area contributed by atoms with Crippen LogP contribution in [0.15, 0.2) is 0 Å². The monoisotopic (exact) mass is 298 g/mol. The molecule has 0 atom stereocenters. The predicted molar refractivity (Wildman–Crippen MR) is 78.0 cm³/mol. The van der Waals surface area contributed by atoms with Gasteiger partial charge in [0.25, 0.3) is 0 Å². The van der Waals surface area contributed by atoms with Gasteiger partial charge in [0.05, 0.1) is 5.60 Å². The summed E-state index contributed by atoms with van der Waals surface area (Å²) < 4.78 is 5.57. The van der Waals surface area contributed by atoms with Crippen molar-refractivity contribution < 1.29 is 19.4 Å². The molecule has 1 heterocycles. The summed E-state index contributed by atoms with van der Waals surface area (Å²) in [4.78, 5) is 23.6. The molecule has 21 heavy (non-hydrogen) atoms. The minimum Gasteiger partial charge on any atom is -0.480 e. The number of carboxylic acid groups (broad SMARTS) is 1. The van der Waals surface area contributed by atoms with E-state index in [0.29, 0.717) is 18.8 Å². The number of hydrogen-bond donors (Lipinski definition) is 3. The number of carbonyl (C=O) groups is 2. The van der Waals surface area contributed by atoms with Crippen LogP contribution in [0.5, 0.6) is 0 Å². The lowest BCUT2D eigenvalue weighted by Gasteiger charge is -2.40. The Morgan fingerprint density at radius 1 is 1.33 bits per heavy atom. The second-order valence-corrected chi connectivity index (χ2v) is 6.63. The van der Waals surface area contributed by atoms with Crippen molar-refractivity contribution in [1.82, 2.24) is 10.6 Å². The molecule has 2 fully saturated rings. The van der Waals surface area contributed by atoms with E-state index in [2.05, 4.69) is 17.6 Å². The molecular formula is C15H26N2O4. The zero-order valence-electron chi connectivity index (χ0n) is 12.9. The summed E-state index contributed by atoms with van der Waals surface area (Å²) in [7, 11) is 0. The van der Waals surface area contributed by atoms with Gasteiger partial charge in [0, 0.05) is 13.1 Å². The molecule has 3 N–H and O–H groups in total. The van der Waals surface area contributed by atoms with Crippen LogP contribution in [-0.4, -0.2) is 47.8 Å². The standard InChI is InChI=1S/C15H26N2O4/c1-3-11-4-6-15(7-5-11,13(19)20)17-12(18)8-21-14(2)9-16-10-14/h11,16H,3-10H2,1-2H3,(H,17,18)(H,19,20). The van der Waals surface area contributed by atoms with Gasteiger partial charge in [0.15, 0.2) is 0 Å². The van der Waals surface area contributed by atoms with E-state index in [9.17, 15) is 14.7 Å². The first kappa shape index (κ1) is 16.2. The van der Waals surface area contributed by atoms with Crippen LogP contribution in [0.4, 0.5) is 0 Å². The molecule has 0 aromatic heterocycles.